The number of amides is 1. The minimum Gasteiger partial charge on any atom is -0.354 e. The van der Waals surface area contributed by atoms with E-state index in [1.807, 2.05) is 13.8 Å². The Labute approximate surface area is 178 Å². The summed E-state index contributed by atoms with van der Waals surface area (Å²) in [7, 11) is 0. The van der Waals surface area contributed by atoms with Gasteiger partial charge in [-0.2, -0.15) is 0 Å². The summed E-state index contributed by atoms with van der Waals surface area (Å²) in [6, 6.07) is 17.3. The molecule has 0 fully saturated rings. The van der Waals surface area contributed by atoms with E-state index in [9.17, 15) is 4.79 Å². The van der Waals surface area contributed by atoms with Crippen molar-refractivity contribution in [3.05, 3.63) is 66.8 Å². The molecule has 2 aromatic carbocycles. The SMILES string of the molecule is CC(=O)NC(C)Cc1ccc(I)cc1.CC(N)Cc1ccc(I)cc1. The highest BCUT2D eigenvalue weighted by molar-refractivity contribution is 14.1. The first kappa shape index (κ1) is 22.4. The van der Waals surface area contributed by atoms with E-state index < -0.39 is 0 Å². The maximum atomic E-state index is 10.8. The van der Waals surface area contributed by atoms with Gasteiger partial charge in [-0.1, -0.05) is 24.3 Å². The second-order valence-corrected chi connectivity index (χ2v) is 8.73. The van der Waals surface area contributed by atoms with Crippen LogP contribution in [0.1, 0.15) is 31.9 Å². The van der Waals surface area contributed by atoms with E-state index in [1.165, 1.54) is 18.3 Å². The molecule has 5 heteroatoms. The maximum absolute atomic E-state index is 10.8. The molecule has 0 radical (unpaired) electrons. The summed E-state index contributed by atoms with van der Waals surface area (Å²) in [4.78, 5) is 10.8. The number of halogens is 2. The lowest BCUT2D eigenvalue weighted by molar-refractivity contribution is -0.119. The van der Waals surface area contributed by atoms with Crippen molar-refractivity contribution in [2.45, 2.75) is 45.7 Å². The van der Waals surface area contributed by atoms with E-state index >= 15 is 0 Å². The van der Waals surface area contributed by atoms with Gasteiger partial charge in [0.05, 0.1) is 0 Å². The molecule has 2 atom stereocenters. The van der Waals surface area contributed by atoms with E-state index in [0.29, 0.717) is 0 Å². The van der Waals surface area contributed by atoms with Crippen molar-refractivity contribution >= 4 is 51.1 Å². The first-order valence-electron chi connectivity index (χ1n) is 8.28. The molecule has 136 valence electrons. The molecule has 0 aromatic heterocycles. The number of nitrogens with two attached hydrogens (primary N) is 1. The van der Waals surface area contributed by atoms with Crippen molar-refractivity contribution in [1.82, 2.24) is 5.32 Å². The van der Waals surface area contributed by atoms with Crippen LogP contribution in [-0.4, -0.2) is 18.0 Å². The third kappa shape index (κ3) is 10.8. The van der Waals surface area contributed by atoms with Crippen molar-refractivity contribution in [3.8, 4) is 0 Å². The fourth-order valence-corrected chi connectivity index (χ4v) is 3.08. The lowest BCUT2D eigenvalue weighted by Crippen LogP contribution is -2.31. The van der Waals surface area contributed by atoms with Crippen LogP contribution >= 0.6 is 45.2 Å². The molecular weight excluding hydrogens is 538 g/mol. The summed E-state index contributed by atoms with van der Waals surface area (Å²) >= 11 is 4.58. The Morgan fingerprint density at radius 2 is 1.32 bits per heavy atom. The molecule has 2 aromatic rings. The molecule has 25 heavy (non-hydrogen) atoms. The fraction of sp³-hybridized carbons (Fsp3) is 0.350. The summed E-state index contributed by atoms with van der Waals surface area (Å²) in [5, 5.41) is 2.87. The molecule has 0 aliphatic heterocycles. The first-order chi connectivity index (χ1) is 11.8. The van der Waals surface area contributed by atoms with Gasteiger partial charge < -0.3 is 11.1 Å². The van der Waals surface area contributed by atoms with E-state index in [2.05, 4.69) is 99.0 Å². The quantitative estimate of drug-likeness (QED) is 0.525. The Morgan fingerprint density at radius 1 is 0.920 bits per heavy atom. The van der Waals surface area contributed by atoms with Crippen molar-refractivity contribution in [2.75, 3.05) is 0 Å². The molecule has 2 unspecified atom stereocenters. The van der Waals surface area contributed by atoms with Crippen LogP contribution in [0.5, 0.6) is 0 Å². The number of rotatable bonds is 5. The molecule has 3 N–H and O–H groups in total. The van der Waals surface area contributed by atoms with Crippen molar-refractivity contribution in [2.24, 2.45) is 5.73 Å². The fourth-order valence-electron chi connectivity index (χ4n) is 2.36. The van der Waals surface area contributed by atoms with Gasteiger partial charge in [-0.3, -0.25) is 4.79 Å². The normalized spacial score (nSPS) is 12.6. The molecule has 2 rings (SSSR count). The molecule has 0 saturated carbocycles. The smallest absolute Gasteiger partial charge is 0.217 e. The molecule has 0 aliphatic carbocycles. The molecule has 0 bridgehead atoms. The highest BCUT2D eigenvalue weighted by Gasteiger charge is 2.04. The predicted molar refractivity (Wildman–Crippen MR) is 123 cm³/mol. The Kier molecular flexibility index (Phi) is 10.6. The zero-order valence-corrected chi connectivity index (χ0v) is 19.2. The third-order valence-corrected chi connectivity index (χ3v) is 4.81. The van der Waals surface area contributed by atoms with Crippen LogP contribution in [0, 0.1) is 7.14 Å². The van der Waals surface area contributed by atoms with Gasteiger partial charge in [-0.15, -0.1) is 0 Å². The number of hydrogen-bond acceptors (Lipinski definition) is 2. The lowest BCUT2D eigenvalue weighted by Gasteiger charge is -2.12. The van der Waals surface area contributed by atoms with Crippen molar-refractivity contribution in [1.29, 1.82) is 0 Å². The maximum Gasteiger partial charge on any atom is 0.217 e. The monoisotopic (exact) mass is 564 g/mol. The van der Waals surface area contributed by atoms with Crippen LogP contribution in [-0.2, 0) is 17.6 Å². The van der Waals surface area contributed by atoms with Crippen LogP contribution in [0.4, 0.5) is 0 Å². The van der Waals surface area contributed by atoms with Crippen molar-refractivity contribution < 1.29 is 4.79 Å². The van der Waals surface area contributed by atoms with Crippen molar-refractivity contribution in [3.63, 3.8) is 0 Å². The van der Waals surface area contributed by atoms with Crippen LogP contribution in [0.2, 0.25) is 0 Å². The van der Waals surface area contributed by atoms with E-state index in [4.69, 9.17) is 5.73 Å². The van der Waals surface area contributed by atoms with Gasteiger partial charge in [0.2, 0.25) is 5.91 Å². The zero-order chi connectivity index (χ0) is 18.8. The van der Waals surface area contributed by atoms with Gasteiger partial charge in [-0.25, -0.2) is 0 Å². The summed E-state index contributed by atoms with van der Waals surface area (Å²) in [5.74, 6) is 0.0306. The van der Waals surface area contributed by atoms with Crippen LogP contribution in [0.3, 0.4) is 0 Å². The zero-order valence-electron chi connectivity index (χ0n) is 14.9. The molecular formula is C20H26I2N2O. The van der Waals surface area contributed by atoms with Gasteiger partial charge in [0.1, 0.15) is 0 Å². The minimum absolute atomic E-state index is 0.0306. The number of carbonyl (C=O) groups is 1. The average Bonchev–Trinajstić information content (AvgIpc) is 2.51. The predicted octanol–water partition coefficient (Wildman–Crippen LogP) is 4.54. The molecule has 0 spiro atoms. The number of benzene rings is 2. The van der Waals surface area contributed by atoms with Gasteiger partial charge in [-0.05, 0) is 107 Å². The third-order valence-electron chi connectivity index (χ3n) is 3.38. The molecule has 0 aliphatic rings. The van der Waals surface area contributed by atoms with Crippen LogP contribution in [0.15, 0.2) is 48.5 Å². The largest absolute Gasteiger partial charge is 0.354 e. The van der Waals surface area contributed by atoms with Gasteiger partial charge in [0.25, 0.3) is 0 Å². The molecule has 0 saturated heterocycles. The second kappa shape index (κ2) is 11.9. The highest BCUT2D eigenvalue weighted by Crippen LogP contribution is 2.09. The Bertz CT molecular complexity index is 640. The number of carbonyl (C=O) groups excluding carboxylic acids is 1. The number of nitrogens with one attached hydrogen (secondary N) is 1. The van der Waals surface area contributed by atoms with Gasteiger partial charge in [0, 0.05) is 26.1 Å². The average molecular weight is 564 g/mol. The Hall–Kier alpha value is -0.670. The van der Waals surface area contributed by atoms with E-state index in [1.54, 1.807) is 6.92 Å². The first-order valence-corrected chi connectivity index (χ1v) is 10.4. The summed E-state index contributed by atoms with van der Waals surface area (Å²) in [6.45, 7) is 5.59. The minimum atomic E-state index is 0.0306. The standard InChI is InChI=1S/C11H14INO.C9H12IN/c1-8(13-9(2)14)7-10-3-5-11(12)6-4-10;1-7(11)6-8-2-4-9(10)5-3-8/h3-6,8H,7H2,1-2H3,(H,13,14);2-5,7H,6,11H2,1H3. The second-order valence-electron chi connectivity index (χ2n) is 6.24. The lowest BCUT2D eigenvalue weighted by atomic mass is 10.1. The summed E-state index contributed by atoms with van der Waals surface area (Å²) in [6.07, 6.45) is 1.85. The number of hydrogen-bond donors (Lipinski definition) is 2. The molecule has 3 nitrogen and oxygen atoms in total. The Morgan fingerprint density at radius 3 is 1.68 bits per heavy atom. The van der Waals surface area contributed by atoms with Crippen LogP contribution < -0.4 is 11.1 Å². The highest BCUT2D eigenvalue weighted by atomic mass is 127. The van der Waals surface area contributed by atoms with E-state index in [0.717, 1.165) is 12.8 Å². The topological polar surface area (TPSA) is 55.1 Å². The van der Waals surface area contributed by atoms with Gasteiger partial charge in [0.15, 0.2) is 0 Å². The van der Waals surface area contributed by atoms with E-state index in [-0.39, 0.29) is 18.0 Å². The van der Waals surface area contributed by atoms with Crippen LogP contribution in [0.25, 0.3) is 0 Å². The summed E-state index contributed by atoms with van der Waals surface area (Å²) < 4.78 is 2.51. The Balaban J connectivity index is 0.000000257. The molecule has 0 heterocycles. The summed E-state index contributed by atoms with van der Waals surface area (Å²) in [5.41, 5.74) is 8.24. The molecule has 1 amide bonds. The van der Waals surface area contributed by atoms with Gasteiger partial charge >= 0.3 is 0 Å².